The van der Waals surface area contributed by atoms with E-state index in [2.05, 4.69) is 12.2 Å². The number of carbonyl (C=O) groups excluding carboxylic acids is 2. The molecule has 1 heterocycles. The van der Waals surface area contributed by atoms with Crippen LogP contribution in [0.1, 0.15) is 52.2 Å². The largest absolute Gasteiger partial charge is 0.462 e. The maximum atomic E-state index is 12.5. The van der Waals surface area contributed by atoms with Crippen molar-refractivity contribution in [3.63, 3.8) is 0 Å². The van der Waals surface area contributed by atoms with Gasteiger partial charge in [0.25, 0.3) is 0 Å². The summed E-state index contributed by atoms with van der Waals surface area (Å²) in [5.41, 5.74) is 3.76. The molecule has 1 aliphatic rings. The third kappa shape index (κ3) is 4.15. The molecule has 1 aliphatic carbocycles. The van der Waals surface area contributed by atoms with Crippen molar-refractivity contribution in [1.82, 2.24) is 0 Å². The first-order valence-corrected chi connectivity index (χ1v) is 9.96. The van der Waals surface area contributed by atoms with E-state index < -0.39 is 0 Å². The molecule has 1 N–H and O–H groups in total. The Morgan fingerprint density at radius 3 is 2.69 bits per heavy atom. The second-order valence-corrected chi connectivity index (χ2v) is 8.09. The van der Waals surface area contributed by atoms with Crippen LogP contribution in [-0.2, 0) is 28.8 Å². The number of hydrogen-bond donors (Lipinski definition) is 1. The van der Waals surface area contributed by atoms with Crippen LogP contribution in [0, 0.1) is 12.8 Å². The highest BCUT2D eigenvalue weighted by molar-refractivity contribution is 7.17. The summed E-state index contributed by atoms with van der Waals surface area (Å²) in [6, 6.07) is 7.92. The normalized spacial score (nSPS) is 16.0. The third-order valence-electron chi connectivity index (χ3n) is 4.73. The van der Waals surface area contributed by atoms with Gasteiger partial charge in [-0.1, -0.05) is 36.8 Å². The van der Waals surface area contributed by atoms with Crippen molar-refractivity contribution in [2.75, 3.05) is 11.9 Å². The van der Waals surface area contributed by atoms with Crippen molar-refractivity contribution in [2.24, 2.45) is 5.92 Å². The van der Waals surface area contributed by atoms with E-state index in [1.807, 2.05) is 31.2 Å². The number of thiophene rings is 1. The summed E-state index contributed by atoms with van der Waals surface area (Å²) in [6.07, 6.45) is 3.18. The van der Waals surface area contributed by atoms with Gasteiger partial charge in [0.15, 0.2) is 0 Å². The first kappa shape index (κ1) is 18.6. The Hall–Kier alpha value is -2.14. The molecule has 26 heavy (non-hydrogen) atoms. The SMILES string of the molecule is CCOC(=O)c1c(NC(=O)Cc2ccc(C)cc2)sc2c1CCC(C)C2. The summed E-state index contributed by atoms with van der Waals surface area (Å²) >= 11 is 1.53. The summed E-state index contributed by atoms with van der Waals surface area (Å²) < 4.78 is 5.25. The van der Waals surface area contributed by atoms with E-state index in [-0.39, 0.29) is 11.9 Å². The molecule has 0 bridgehead atoms. The predicted molar refractivity (Wildman–Crippen MR) is 105 cm³/mol. The Kier molecular flexibility index (Phi) is 5.77. The van der Waals surface area contributed by atoms with Crippen LogP contribution >= 0.6 is 11.3 Å². The van der Waals surface area contributed by atoms with Crippen LogP contribution in [0.4, 0.5) is 5.00 Å². The lowest BCUT2D eigenvalue weighted by Crippen LogP contribution is -2.17. The summed E-state index contributed by atoms with van der Waals surface area (Å²) in [5, 5.41) is 3.60. The molecule has 0 saturated carbocycles. The number of carbonyl (C=O) groups is 2. The van der Waals surface area contributed by atoms with Gasteiger partial charge in [-0.3, -0.25) is 4.79 Å². The topological polar surface area (TPSA) is 55.4 Å². The number of amides is 1. The smallest absolute Gasteiger partial charge is 0.341 e. The molecular formula is C21H25NO3S. The summed E-state index contributed by atoms with van der Waals surface area (Å²) in [7, 11) is 0. The minimum absolute atomic E-state index is 0.106. The monoisotopic (exact) mass is 371 g/mol. The van der Waals surface area contributed by atoms with Gasteiger partial charge in [0.05, 0.1) is 18.6 Å². The van der Waals surface area contributed by atoms with Crippen LogP contribution in [0.2, 0.25) is 0 Å². The Bertz CT molecular complexity index is 807. The van der Waals surface area contributed by atoms with Crippen LogP contribution in [0.3, 0.4) is 0 Å². The van der Waals surface area contributed by atoms with Crippen LogP contribution in [0.25, 0.3) is 0 Å². The van der Waals surface area contributed by atoms with Crippen molar-refractivity contribution in [2.45, 2.75) is 46.5 Å². The molecule has 0 fully saturated rings. The number of ether oxygens (including phenoxy) is 1. The van der Waals surface area contributed by atoms with E-state index in [1.165, 1.54) is 21.8 Å². The fourth-order valence-corrected chi connectivity index (χ4v) is 4.74. The van der Waals surface area contributed by atoms with Gasteiger partial charge in [0.2, 0.25) is 5.91 Å². The highest BCUT2D eigenvalue weighted by atomic mass is 32.1. The molecule has 1 amide bonds. The average Bonchev–Trinajstić information content (AvgIpc) is 2.93. The second-order valence-electron chi connectivity index (χ2n) is 6.99. The zero-order valence-corrected chi connectivity index (χ0v) is 16.4. The van der Waals surface area contributed by atoms with Gasteiger partial charge in [-0.05, 0) is 50.2 Å². The van der Waals surface area contributed by atoms with Crippen LogP contribution in [-0.4, -0.2) is 18.5 Å². The number of aryl methyl sites for hydroxylation is 1. The molecule has 3 rings (SSSR count). The number of nitrogens with one attached hydrogen (secondary N) is 1. The van der Waals surface area contributed by atoms with Crippen molar-refractivity contribution in [1.29, 1.82) is 0 Å². The Morgan fingerprint density at radius 1 is 1.27 bits per heavy atom. The Labute approximate surface area is 158 Å². The standard InChI is InChI=1S/C21H25NO3S/c1-4-25-21(24)19-16-10-7-14(3)11-17(16)26-20(19)22-18(23)12-15-8-5-13(2)6-9-15/h5-6,8-9,14H,4,7,10-12H2,1-3H3,(H,22,23). The van der Waals surface area contributed by atoms with Gasteiger partial charge >= 0.3 is 5.97 Å². The van der Waals surface area contributed by atoms with Gasteiger partial charge in [-0.2, -0.15) is 0 Å². The molecule has 1 unspecified atom stereocenters. The lowest BCUT2D eigenvalue weighted by molar-refractivity contribution is -0.115. The Balaban J connectivity index is 1.82. The first-order valence-electron chi connectivity index (χ1n) is 9.15. The summed E-state index contributed by atoms with van der Waals surface area (Å²) in [6.45, 7) is 6.38. The van der Waals surface area contributed by atoms with E-state index in [0.717, 1.165) is 30.4 Å². The molecule has 1 aromatic carbocycles. The number of fused-ring (bicyclic) bond motifs is 1. The van der Waals surface area contributed by atoms with Crippen molar-refractivity contribution in [3.05, 3.63) is 51.4 Å². The number of benzene rings is 1. The quantitative estimate of drug-likeness (QED) is 0.785. The fraction of sp³-hybridized carbons (Fsp3) is 0.429. The maximum absolute atomic E-state index is 12.5. The Morgan fingerprint density at radius 2 is 2.00 bits per heavy atom. The minimum Gasteiger partial charge on any atom is -0.462 e. The predicted octanol–water partition coefficient (Wildman–Crippen LogP) is 4.54. The first-order chi connectivity index (χ1) is 12.5. The van der Waals surface area contributed by atoms with Crippen LogP contribution in [0.5, 0.6) is 0 Å². The fourth-order valence-electron chi connectivity index (χ4n) is 3.32. The second kappa shape index (κ2) is 8.04. The zero-order valence-electron chi connectivity index (χ0n) is 15.6. The van der Waals surface area contributed by atoms with E-state index in [4.69, 9.17) is 4.74 Å². The highest BCUT2D eigenvalue weighted by Crippen LogP contribution is 2.40. The average molecular weight is 372 g/mol. The molecule has 0 radical (unpaired) electrons. The summed E-state index contributed by atoms with van der Waals surface area (Å²) in [5.74, 6) is 0.170. The molecular weight excluding hydrogens is 346 g/mol. The van der Waals surface area contributed by atoms with Gasteiger partial charge in [-0.25, -0.2) is 4.79 Å². The maximum Gasteiger partial charge on any atom is 0.341 e. The number of anilines is 1. The van der Waals surface area contributed by atoms with Crippen molar-refractivity contribution < 1.29 is 14.3 Å². The number of hydrogen-bond acceptors (Lipinski definition) is 4. The molecule has 0 aliphatic heterocycles. The van der Waals surface area contributed by atoms with Gasteiger partial charge in [0, 0.05) is 4.88 Å². The number of esters is 1. The minimum atomic E-state index is -0.329. The zero-order chi connectivity index (χ0) is 18.7. The van der Waals surface area contributed by atoms with Gasteiger partial charge < -0.3 is 10.1 Å². The van der Waals surface area contributed by atoms with Crippen molar-refractivity contribution >= 4 is 28.2 Å². The molecule has 138 valence electrons. The molecule has 1 atom stereocenters. The van der Waals surface area contributed by atoms with E-state index >= 15 is 0 Å². The molecule has 5 heteroatoms. The van der Waals surface area contributed by atoms with Gasteiger partial charge in [-0.15, -0.1) is 11.3 Å². The molecule has 0 spiro atoms. The molecule has 4 nitrogen and oxygen atoms in total. The van der Waals surface area contributed by atoms with E-state index in [0.29, 0.717) is 29.5 Å². The summed E-state index contributed by atoms with van der Waals surface area (Å²) in [4.78, 5) is 26.2. The number of rotatable bonds is 5. The lowest BCUT2D eigenvalue weighted by Gasteiger charge is -2.18. The van der Waals surface area contributed by atoms with Crippen LogP contribution in [0.15, 0.2) is 24.3 Å². The third-order valence-corrected chi connectivity index (χ3v) is 5.90. The molecule has 2 aromatic rings. The molecule has 0 saturated heterocycles. The van der Waals surface area contributed by atoms with Crippen LogP contribution < -0.4 is 5.32 Å². The molecule has 1 aromatic heterocycles. The van der Waals surface area contributed by atoms with Crippen molar-refractivity contribution in [3.8, 4) is 0 Å². The highest BCUT2D eigenvalue weighted by Gasteiger charge is 2.29. The van der Waals surface area contributed by atoms with E-state index in [9.17, 15) is 9.59 Å². The van der Waals surface area contributed by atoms with Gasteiger partial charge in [0.1, 0.15) is 5.00 Å². The van der Waals surface area contributed by atoms with E-state index in [1.54, 1.807) is 6.92 Å². The lowest BCUT2D eigenvalue weighted by atomic mass is 9.88.